The van der Waals surface area contributed by atoms with Crippen LogP contribution in [-0.4, -0.2) is 11.3 Å². The van der Waals surface area contributed by atoms with Crippen molar-refractivity contribution in [2.45, 2.75) is 155 Å². The highest BCUT2D eigenvalue weighted by Crippen LogP contribution is 2.56. The summed E-state index contributed by atoms with van der Waals surface area (Å²) in [6.45, 7) is 33.9. The van der Waals surface area contributed by atoms with Crippen molar-refractivity contribution in [3.63, 3.8) is 0 Å². The lowest BCUT2D eigenvalue weighted by atomic mass is 9.48. The number of benzene rings is 6. The average molecular weight is 897 g/mol. The smallest absolute Gasteiger partial charge is 0.343 e. The van der Waals surface area contributed by atoms with Gasteiger partial charge >= 0.3 is 6.85 Å². The molecule has 2 aliphatic heterocycles. The lowest BCUT2D eigenvalue weighted by Gasteiger charge is -2.44. The molecule has 2 aliphatic carbocycles. The Balaban J connectivity index is 1.25. The summed E-state index contributed by atoms with van der Waals surface area (Å²) in [5.74, 6) is 0. The molecule has 4 aliphatic rings. The molecule has 67 heavy (non-hydrogen) atoms. The monoisotopic (exact) mass is 896 g/mol. The van der Waals surface area contributed by atoms with E-state index < -0.39 is 0 Å². The second-order valence-electron chi connectivity index (χ2n) is 25.9. The summed E-state index contributed by atoms with van der Waals surface area (Å²) in [6, 6.07) is 36.5. The highest BCUT2D eigenvalue weighted by atomic mass is 32.1. The Morgan fingerprint density at radius 2 is 1.16 bits per heavy atom. The Labute approximate surface area is 401 Å². The van der Waals surface area contributed by atoms with Gasteiger partial charge in [-0.15, -0.1) is 11.3 Å². The molecule has 5 heteroatoms. The lowest BCUT2D eigenvalue weighted by Crippen LogP contribution is -2.55. The molecule has 3 aromatic heterocycles. The van der Waals surface area contributed by atoms with Crippen LogP contribution in [-0.2, 0) is 32.5 Å². The van der Waals surface area contributed by atoms with E-state index in [2.05, 4.69) is 197 Å². The number of anilines is 3. The molecule has 13 rings (SSSR count). The van der Waals surface area contributed by atoms with Gasteiger partial charge in [-0.1, -0.05) is 127 Å². The second-order valence-corrected chi connectivity index (χ2v) is 27.0. The standard InChI is InChI=1S/C62H65BN2OS/c1-57(2,3)34-19-22-48-38(27-34)40-28-35(58(4,5)6)29-41-39-31-42-37-17-15-16-18-49(37)66-55(42)54-51(39)63(65(48)52(40)41)56-53(43-32-46-47(33-50(43)67-56)62(13,14)26-25-61(46,11)12)64(54)36-20-21-44-45(30-36)60(9,10)24-23-59(44,7)8/h15-22,27-33H,23-26H2,1-14H3. The SMILES string of the molecule is CC(C)(C)c1ccc2c(c1)c1cc(C(C)(C)C)cc3c1n2B1c2sc4cc5c(cc4c2N(c2ccc4c(c2)C(C)(C)CCC4(C)C)c2c1c-3cc1c2oc2ccccc21)C(C)(C)CCC5(C)C. The summed E-state index contributed by atoms with van der Waals surface area (Å²) in [6.07, 6.45) is 4.72. The molecule has 0 radical (unpaired) electrons. The van der Waals surface area contributed by atoms with E-state index in [9.17, 15) is 0 Å². The van der Waals surface area contributed by atoms with Crippen LogP contribution in [0.15, 0.2) is 95.4 Å². The van der Waals surface area contributed by atoms with Crippen LogP contribution in [0.25, 0.3) is 65.0 Å². The number of aromatic nitrogens is 1. The topological polar surface area (TPSA) is 21.3 Å². The molecule has 0 saturated heterocycles. The highest BCUT2D eigenvalue weighted by Gasteiger charge is 2.48. The lowest BCUT2D eigenvalue weighted by molar-refractivity contribution is 0.332. The second kappa shape index (κ2) is 12.9. The molecule has 0 saturated carbocycles. The summed E-state index contributed by atoms with van der Waals surface area (Å²) in [7, 11) is 0. The first-order chi connectivity index (χ1) is 31.4. The van der Waals surface area contributed by atoms with Crippen LogP contribution in [0.5, 0.6) is 0 Å². The number of furan rings is 1. The Morgan fingerprint density at radius 1 is 0.537 bits per heavy atom. The first kappa shape index (κ1) is 41.9. The van der Waals surface area contributed by atoms with Crippen LogP contribution in [0.3, 0.4) is 0 Å². The number of thiophene rings is 1. The molecular formula is C62H65BN2OS. The van der Waals surface area contributed by atoms with Gasteiger partial charge in [0.15, 0.2) is 5.58 Å². The molecule has 0 amide bonds. The molecule has 338 valence electrons. The molecule has 0 bridgehead atoms. The van der Waals surface area contributed by atoms with Crippen molar-refractivity contribution in [3.05, 3.63) is 124 Å². The molecule has 5 heterocycles. The molecule has 3 nitrogen and oxygen atoms in total. The fourth-order valence-corrected chi connectivity index (χ4v) is 14.5. The molecule has 0 fully saturated rings. The number of hydrogen-bond donors (Lipinski definition) is 0. The van der Waals surface area contributed by atoms with Gasteiger partial charge in [-0.05, 0) is 163 Å². The third kappa shape index (κ3) is 5.58. The maximum absolute atomic E-state index is 7.33. The molecule has 0 spiro atoms. The van der Waals surface area contributed by atoms with Crippen LogP contribution in [0, 0.1) is 0 Å². The van der Waals surface area contributed by atoms with Crippen molar-refractivity contribution in [1.29, 1.82) is 0 Å². The third-order valence-electron chi connectivity index (χ3n) is 17.6. The Bertz CT molecular complexity index is 3680. The maximum atomic E-state index is 7.33. The van der Waals surface area contributed by atoms with Crippen LogP contribution in [0.4, 0.5) is 17.1 Å². The van der Waals surface area contributed by atoms with Crippen LogP contribution in [0.1, 0.15) is 156 Å². The number of hydrogen-bond acceptors (Lipinski definition) is 3. The zero-order chi connectivity index (χ0) is 46.9. The largest absolute Gasteiger partial charge is 0.454 e. The minimum Gasteiger partial charge on any atom is -0.454 e. The average Bonchev–Trinajstić information content (AvgIpc) is 3.94. The van der Waals surface area contributed by atoms with E-state index in [4.69, 9.17) is 4.42 Å². The number of rotatable bonds is 1. The first-order valence-corrected chi connectivity index (χ1v) is 25.9. The zero-order valence-corrected chi connectivity index (χ0v) is 43.1. The van der Waals surface area contributed by atoms with Crippen molar-refractivity contribution < 1.29 is 4.42 Å². The molecule has 0 unspecified atom stereocenters. The summed E-state index contributed by atoms with van der Waals surface area (Å²) < 4.78 is 12.9. The number of fused-ring (bicyclic) bond motifs is 15. The van der Waals surface area contributed by atoms with Gasteiger partial charge in [-0.25, -0.2) is 0 Å². The van der Waals surface area contributed by atoms with Crippen molar-refractivity contribution >= 4 is 99.3 Å². The predicted molar refractivity (Wildman–Crippen MR) is 291 cm³/mol. The van der Waals surface area contributed by atoms with E-state index in [1.165, 1.54) is 134 Å². The van der Waals surface area contributed by atoms with E-state index in [1.807, 2.05) is 11.3 Å². The molecule has 0 N–H and O–H groups in total. The van der Waals surface area contributed by atoms with E-state index >= 15 is 0 Å². The van der Waals surface area contributed by atoms with Gasteiger partial charge in [0, 0.05) is 58.7 Å². The molecule has 6 aromatic carbocycles. The van der Waals surface area contributed by atoms with Crippen LogP contribution < -0.4 is 15.1 Å². The van der Waals surface area contributed by atoms with Crippen LogP contribution >= 0.6 is 11.3 Å². The van der Waals surface area contributed by atoms with E-state index in [1.54, 1.807) is 0 Å². The minimum atomic E-state index is -0.0641. The molecule has 0 atom stereocenters. The van der Waals surface area contributed by atoms with Crippen LogP contribution in [0.2, 0.25) is 0 Å². The fraction of sp³-hybridized carbons (Fsp3) is 0.387. The van der Waals surface area contributed by atoms with E-state index in [-0.39, 0.29) is 39.3 Å². The van der Waals surface area contributed by atoms with Gasteiger partial charge in [0.1, 0.15) is 5.58 Å². The Hall–Kier alpha value is -5.26. The quantitative estimate of drug-likeness (QED) is 0.153. The number of para-hydroxylation sites is 1. The Morgan fingerprint density at radius 3 is 1.85 bits per heavy atom. The number of nitrogens with zero attached hydrogens (tertiary/aromatic N) is 2. The zero-order valence-electron chi connectivity index (χ0n) is 42.3. The van der Waals surface area contributed by atoms with Gasteiger partial charge in [-0.3, -0.25) is 0 Å². The highest BCUT2D eigenvalue weighted by molar-refractivity contribution is 7.32. The normalized spacial score (nSPS) is 18.8. The van der Waals surface area contributed by atoms with Crippen molar-refractivity contribution in [1.82, 2.24) is 4.48 Å². The molecule has 9 aromatic rings. The summed E-state index contributed by atoms with van der Waals surface area (Å²) in [5, 5.41) is 6.42. The predicted octanol–water partition coefficient (Wildman–Crippen LogP) is 16.6. The summed E-state index contributed by atoms with van der Waals surface area (Å²) in [4.78, 5) is 2.71. The van der Waals surface area contributed by atoms with E-state index in [0.29, 0.717) is 0 Å². The van der Waals surface area contributed by atoms with E-state index in [0.717, 1.165) is 17.6 Å². The van der Waals surface area contributed by atoms with Crippen molar-refractivity contribution in [2.75, 3.05) is 4.90 Å². The Kier molecular flexibility index (Phi) is 8.05. The van der Waals surface area contributed by atoms with Gasteiger partial charge < -0.3 is 13.8 Å². The van der Waals surface area contributed by atoms with Gasteiger partial charge in [0.05, 0.1) is 11.4 Å². The van der Waals surface area contributed by atoms with Gasteiger partial charge in [-0.2, -0.15) is 0 Å². The summed E-state index contributed by atoms with van der Waals surface area (Å²) in [5.41, 5.74) is 21.3. The van der Waals surface area contributed by atoms with Crippen molar-refractivity contribution in [3.8, 4) is 11.1 Å². The third-order valence-corrected chi connectivity index (χ3v) is 18.8. The summed E-state index contributed by atoms with van der Waals surface area (Å²) >= 11 is 2.04. The van der Waals surface area contributed by atoms with Gasteiger partial charge in [0.25, 0.3) is 0 Å². The maximum Gasteiger partial charge on any atom is 0.343 e. The van der Waals surface area contributed by atoms with Gasteiger partial charge in [0.2, 0.25) is 0 Å². The fourth-order valence-electron chi connectivity index (χ4n) is 13.2. The minimum absolute atomic E-state index is 0.0121. The van der Waals surface area contributed by atoms with Crippen molar-refractivity contribution in [2.24, 2.45) is 0 Å². The molecular weight excluding hydrogens is 832 g/mol. The first-order valence-electron chi connectivity index (χ1n) is 25.1.